The number of rotatable bonds is 3. The fourth-order valence-corrected chi connectivity index (χ4v) is 2.31. The summed E-state index contributed by atoms with van der Waals surface area (Å²) >= 11 is 0. The predicted octanol–water partition coefficient (Wildman–Crippen LogP) is 2.46. The highest BCUT2D eigenvalue weighted by Crippen LogP contribution is 2.35. The van der Waals surface area contributed by atoms with E-state index in [2.05, 4.69) is 19.2 Å². The summed E-state index contributed by atoms with van der Waals surface area (Å²) in [4.78, 5) is 10.4. The van der Waals surface area contributed by atoms with Crippen LogP contribution in [0.1, 0.15) is 31.7 Å². The van der Waals surface area contributed by atoms with Crippen molar-refractivity contribution in [1.82, 2.24) is 0 Å². The fraction of sp³-hybridized carbons (Fsp3) is 0.462. The van der Waals surface area contributed by atoms with Crippen molar-refractivity contribution in [3.05, 3.63) is 23.8 Å². The zero-order valence-electron chi connectivity index (χ0n) is 10.1. The maximum atomic E-state index is 10.4. The zero-order valence-corrected chi connectivity index (χ0v) is 10.1. The lowest BCUT2D eigenvalue weighted by Gasteiger charge is -2.29. The Hall–Kier alpha value is -1.71. The van der Waals surface area contributed by atoms with Gasteiger partial charge >= 0.3 is 5.97 Å². The maximum Gasteiger partial charge on any atom is 0.341 e. The summed E-state index contributed by atoms with van der Waals surface area (Å²) in [5.41, 5.74) is 2.32. The van der Waals surface area contributed by atoms with Crippen LogP contribution in [0.3, 0.4) is 0 Å². The molecule has 0 bridgehead atoms. The standard InChI is InChI=1S/C13H17NO3/c1-8-5-9(2)14-12-6-10(3-4-11(8)12)17-7-13(15)16/h3-4,6,8-9,14H,5,7H2,1-2H3,(H,15,16)/t8-,9-/m1/s1. The summed E-state index contributed by atoms with van der Waals surface area (Å²) in [6.45, 7) is 4.04. The molecule has 0 radical (unpaired) electrons. The molecule has 92 valence electrons. The monoisotopic (exact) mass is 235 g/mol. The van der Waals surface area contributed by atoms with Crippen LogP contribution in [0.15, 0.2) is 18.2 Å². The molecule has 1 aliphatic heterocycles. The topological polar surface area (TPSA) is 58.6 Å². The Morgan fingerprint density at radius 2 is 2.29 bits per heavy atom. The van der Waals surface area contributed by atoms with Crippen LogP contribution in [0.5, 0.6) is 5.75 Å². The fourth-order valence-electron chi connectivity index (χ4n) is 2.31. The van der Waals surface area contributed by atoms with Gasteiger partial charge in [-0.1, -0.05) is 13.0 Å². The number of hydrogen-bond donors (Lipinski definition) is 2. The Morgan fingerprint density at radius 3 is 3.00 bits per heavy atom. The third-order valence-corrected chi connectivity index (χ3v) is 3.03. The Balaban J connectivity index is 2.18. The minimum absolute atomic E-state index is 0.302. The number of benzene rings is 1. The van der Waals surface area contributed by atoms with Crippen molar-refractivity contribution in [3.63, 3.8) is 0 Å². The summed E-state index contributed by atoms with van der Waals surface area (Å²) in [6.07, 6.45) is 1.11. The third-order valence-electron chi connectivity index (χ3n) is 3.03. The van der Waals surface area contributed by atoms with E-state index >= 15 is 0 Å². The van der Waals surface area contributed by atoms with Crippen molar-refractivity contribution in [2.45, 2.75) is 32.2 Å². The number of hydrogen-bond acceptors (Lipinski definition) is 3. The second-order valence-electron chi connectivity index (χ2n) is 4.61. The van der Waals surface area contributed by atoms with Gasteiger partial charge in [-0.25, -0.2) is 4.79 Å². The van der Waals surface area contributed by atoms with Gasteiger partial charge in [0.2, 0.25) is 0 Å². The molecule has 1 aliphatic rings. The molecule has 0 saturated heterocycles. The summed E-state index contributed by atoms with van der Waals surface area (Å²) in [5.74, 6) is 0.159. The first-order valence-corrected chi connectivity index (χ1v) is 5.81. The lowest BCUT2D eigenvalue weighted by molar-refractivity contribution is -0.139. The van der Waals surface area contributed by atoms with Crippen LogP contribution in [0.25, 0.3) is 0 Å². The molecule has 2 rings (SSSR count). The first-order valence-electron chi connectivity index (χ1n) is 5.81. The maximum absolute atomic E-state index is 10.4. The van der Waals surface area contributed by atoms with Crippen LogP contribution in [0.2, 0.25) is 0 Å². The molecule has 4 heteroatoms. The van der Waals surface area contributed by atoms with Crippen LogP contribution in [-0.2, 0) is 4.79 Å². The summed E-state index contributed by atoms with van der Waals surface area (Å²) in [7, 11) is 0. The number of carboxylic acid groups (broad SMARTS) is 1. The highest BCUT2D eigenvalue weighted by atomic mass is 16.5. The van der Waals surface area contributed by atoms with Gasteiger partial charge in [0, 0.05) is 17.8 Å². The van der Waals surface area contributed by atoms with Crippen LogP contribution in [-0.4, -0.2) is 23.7 Å². The van der Waals surface area contributed by atoms with Crippen LogP contribution in [0, 0.1) is 0 Å². The summed E-state index contributed by atoms with van der Waals surface area (Å²) < 4.78 is 5.16. The van der Waals surface area contributed by atoms with E-state index < -0.39 is 5.97 Å². The Morgan fingerprint density at radius 1 is 1.53 bits per heavy atom. The summed E-state index contributed by atoms with van der Waals surface area (Å²) in [6, 6.07) is 6.16. The molecule has 0 fully saturated rings. The zero-order chi connectivity index (χ0) is 12.4. The van der Waals surface area contributed by atoms with E-state index in [1.54, 1.807) is 0 Å². The van der Waals surface area contributed by atoms with Gasteiger partial charge in [0.15, 0.2) is 6.61 Å². The Labute approximate surface area is 101 Å². The van der Waals surface area contributed by atoms with Crippen LogP contribution in [0.4, 0.5) is 5.69 Å². The van der Waals surface area contributed by atoms with Crippen molar-refractivity contribution in [2.75, 3.05) is 11.9 Å². The minimum atomic E-state index is -0.961. The molecule has 0 amide bonds. The molecular weight excluding hydrogens is 218 g/mol. The molecule has 4 nitrogen and oxygen atoms in total. The molecule has 0 spiro atoms. The van der Waals surface area contributed by atoms with Gasteiger partial charge in [-0.3, -0.25) is 0 Å². The molecule has 2 atom stereocenters. The lowest BCUT2D eigenvalue weighted by atomic mass is 9.89. The molecule has 1 heterocycles. The van der Waals surface area contributed by atoms with Gasteiger partial charge in [-0.2, -0.15) is 0 Å². The molecule has 0 unspecified atom stereocenters. The van der Waals surface area contributed by atoms with Crippen molar-refractivity contribution >= 4 is 11.7 Å². The highest BCUT2D eigenvalue weighted by Gasteiger charge is 2.20. The number of carbonyl (C=O) groups is 1. The second-order valence-corrected chi connectivity index (χ2v) is 4.61. The molecule has 17 heavy (non-hydrogen) atoms. The van der Waals surface area contributed by atoms with E-state index in [-0.39, 0.29) is 6.61 Å². The molecule has 0 aromatic heterocycles. The number of nitrogens with one attached hydrogen (secondary N) is 1. The predicted molar refractivity (Wildman–Crippen MR) is 65.7 cm³/mol. The molecule has 1 aromatic rings. The van der Waals surface area contributed by atoms with Crippen molar-refractivity contribution in [1.29, 1.82) is 0 Å². The van der Waals surface area contributed by atoms with Crippen LogP contribution >= 0.6 is 0 Å². The molecular formula is C13H17NO3. The molecule has 0 saturated carbocycles. The largest absolute Gasteiger partial charge is 0.482 e. The van der Waals surface area contributed by atoms with Crippen LogP contribution < -0.4 is 10.1 Å². The Kier molecular flexibility index (Phi) is 3.22. The van der Waals surface area contributed by atoms with E-state index in [4.69, 9.17) is 9.84 Å². The van der Waals surface area contributed by atoms with Gasteiger partial charge in [0.05, 0.1) is 0 Å². The Bertz CT molecular complexity index is 431. The number of aliphatic carboxylic acids is 1. The SMILES string of the molecule is C[C@@H]1C[C@@H](C)c2ccc(OCC(=O)O)cc2N1. The smallest absolute Gasteiger partial charge is 0.341 e. The van der Waals surface area contributed by atoms with Crippen molar-refractivity contribution < 1.29 is 14.6 Å². The van der Waals surface area contributed by atoms with Gasteiger partial charge in [-0.15, -0.1) is 0 Å². The number of carboxylic acids is 1. The molecule has 0 aliphatic carbocycles. The number of anilines is 1. The summed E-state index contributed by atoms with van der Waals surface area (Å²) in [5, 5.41) is 11.9. The molecule has 2 N–H and O–H groups in total. The quantitative estimate of drug-likeness (QED) is 0.845. The minimum Gasteiger partial charge on any atom is -0.482 e. The highest BCUT2D eigenvalue weighted by molar-refractivity contribution is 5.68. The first kappa shape index (κ1) is 11.8. The average Bonchev–Trinajstić information content (AvgIpc) is 2.25. The van der Waals surface area contributed by atoms with Crippen molar-refractivity contribution in [3.8, 4) is 5.75 Å². The van der Waals surface area contributed by atoms with Gasteiger partial charge < -0.3 is 15.2 Å². The molecule has 1 aromatic carbocycles. The van der Waals surface area contributed by atoms with E-state index in [0.717, 1.165) is 12.1 Å². The second kappa shape index (κ2) is 4.65. The number of fused-ring (bicyclic) bond motifs is 1. The van der Waals surface area contributed by atoms with E-state index in [0.29, 0.717) is 17.7 Å². The first-order chi connectivity index (χ1) is 8.06. The van der Waals surface area contributed by atoms with E-state index in [1.165, 1.54) is 5.56 Å². The average molecular weight is 235 g/mol. The normalized spacial score (nSPS) is 22.5. The van der Waals surface area contributed by atoms with E-state index in [9.17, 15) is 4.79 Å². The van der Waals surface area contributed by atoms with Gasteiger partial charge in [0.25, 0.3) is 0 Å². The van der Waals surface area contributed by atoms with Gasteiger partial charge in [0.1, 0.15) is 5.75 Å². The lowest BCUT2D eigenvalue weighted by Crippen LogP contribution is -2.24. The van der Waals surface area contributed by atoms with Gasteiger partial charge in [-0.05, 0) is 30.9 Å². The van der Waals surface area contributed by atoms with Crippen molar-refractivity contribution in [2.24, 2.45) is 0 Å². The third kappa shape index (κ3) is 2.70. The van der Waals surface area contributed by atoms with E-state index in [1.807, 2.05) is 18.2 Å². The number of ether oxygens (including phenoxy) is 1.